The first kappa shape index (κ1) is 14.2. The molecule has 0 aromatic heterocycles. The number of benzene rings is 1. The number of para-hydroxylation sites is 2. The molecule has 1 aromatic carbocycles. The fourth-order valence-corrected chi connectivity index (χ4v) is 2.00. The van der Waals surface area contributed by atoms with Crippen LogP contribution in [0.25, 0.3) is 0 Å². The smallest absolute Gasteiger partial charge is 0.161 e. The Morgan fingerprint density at radius 1 is 1.21 bits per heavy atom. The molecule has 1 aromatic rings. The molecule has 0 spiro atoms. The van der Waals surface area contributed by atoms with Gasteiger partial charge in [0.15, 0.2) is 11.5 Å². The van der Waals surface area contributed by atoms with Crippen LogP contribution in [0.2, 0.25) is 0 Å². The zero-order valence-electron chi connectivity index (χ0n) is 11.5. The lowest BCUT2D eigenvalue weighted by Crippen LogP contribution is -2.29. The predicted octanol–water partition coefficient (Wildman–Crippen LogP) is 1.83. The number of rotatable bonds is 9. The second kappa shape index (κ2) is 6.78. The van der Waals surface area contributed by atoms with Crippen molar-refractivity contribution in [1.29, 1.82) is 0 Å². The lowest BCUT2D eigenvalue weighted by atomic mass is 10.1. The van der Waals surface area contributed by atoms with E-state index in [0.29, 0.717) is 13.2 Å². The number of aliphatic hydroxyl groups excluding tert-OH is 1. The van der Waals surface area contributed by atoms with Crippen LogP contribution in [-0.4, -0.2) is 38.0 Å². The van der Waals surface area contributed by atoms with Gasteiger partial charge in [-0.15, -0.1) is 0 Å². The molecule has 0 saturated heterocycles. The summed E-state index contributed by atoms with van der Waals surface area (Å²) in [4.78, 5) is 0. The van der Waals surface area contributed by atoms with Crippen LogP contribution in [-0.2, 0) is 0 Å². The van der Waals surface area contributed by atoms with Gasteiger partial charge in [-0.2, -0.15) is 0 Å². The lowest BCUT2D eigenvalue weighted by molar-refractivity contribution is 0.204. The average molecular weight is 265 g/mol. The van der Waals surface area contributed by atoms with Gasteiger partial charge in [-0.05, 0) is 31.9 Å². The number of aliphatic hydroxyl groups is 1. The molecule has 1 saturated carbocycles. The third-order valence-corrected chi connectivity index (χ3v) is 3.48. The Kier molecular flexibility index (Phi) is 5.05. The van der Waals surface area contributed by atoms with Gasteiger partial charge in [0.2, 0.25) is 0 Å². The maximum atomic E-state index is 9.20. The van der Waals surface area contributed by atoms with Crippen molar-refractivity contribution in [3.8, 4) is 11.5 Å². The van der Waals surface area contributed by atoms with Gasteiger partial charge in [0, 0.05) is 25.1 Å². The second-order valence-corrected chi connectivity index (χ2v) is 5.06. The van der Waals surface area contributed by atoms with Crippen molar-refractivity contribution in [2.24, 2.45) is 5.41 Å². The second-order valence-electron chi connectivity index (χ2n) is 5.06. The number of nitrogens with one attached hydrogen (secondary N) is 1. The lowest BCUT2D eigenvalue weighted by Gasteiger charge is -2.14. The highest BCUT2D eigenvalue weighted by Gasteiger charge is 2.41. The third-order valence-electron chi connectivity index (χ3n) is 3.48. The summed E-state index contributed by atoms with van der Waals surface area (Å²) in [6.07, 6.45) is 2.26. The average Bonchev–Trinajstić information content (AvgIpc) is 3.21. The summed E-state index contributed by atoms with van der Waals surface area (Å²) in [7, 11) is 0. The molecule has 0 aliphatic heterocycles. The molecular formula is C15H23NO3. The maximum absolute atomic E-state index is 9.20. The minimum atomic E-state index is 0.156. The monoisotopic (exact) mass is 265 g/mol. The molecular weight excluding hydrogens is 242 g/mol. The summed E-state index contributed by atoms with van der Waals surface area (Å²) in [6, 6.07) is 7.71. The molecule has 0 bridgehead atoms. The van der Waals surface area contributed by atoms with E-state index in [4.69, 9.17) is 9.47 Å². The van der Waals surface area contributed by atoms with Crippen molar-refractivity contribution in [2.75, 3.05) is 32.9 Å². The molecule has 0 heterocycles. The van der Waals surface area contributed by atoms with Gasteiger partial charge in [-0.1, -0.05) is 12.1 Å². The summed E-state index contributed by atoms with van der Waals surface area (Å²) >= 11 is 0. The first-order chi connectivity index (χ1) is 9.29. The quantitative estimate of drug-likeness (QED) is 0.669. The van der Waals surface area contributed by atoms with Crippen LogP contribution in [0.3, 0.4) is 0 Å². The Balaban J connectivity index is 1.68. The van der Waals surface area contributed by atoms with Gasteiger partial charge in [0.1, 0.15) is 6.61 Å². The summed E-state index contributed by atoms with van der Waals surface area (Å²) in [5.74, 6) is 1.58. The largest absolute Gasteiger partial charge is 0.490 e. The molecule has 4 heteroatoms. The molecule has 1 aliphatic carbocycles. The zero-order valence-corrected chi connectivity index (χ0v) is 11.5. The molecule has 106 valence electrons. The topological polar surface area (TPSA) is 50.7 Å². The minimum Gasteiger partial charge on any atom is -0.490 e. The highest BCUT2D eigenvalue weighted by Crippen LogP contribution is 2.44. The molecule has 2 rings (SSSR count). The molecule has 1 fully saturated rings. The standard InChI is InChI=1S/C15H23NO3/c1-2-18-13-5-3-4-6-14(13)19-10-9-16-11-15(12-17)7-8-15/h3-6,16-17H,2,7-12H2,1H3. The highest BCUT2D eigenvalue weighted by molar-refractivity contribution is 5.39. The van der Waals surface area contributed by atoms with E-state index in [9.17, 15) is 5.11 Å². The van der Waals surface area contributed by atoms with Gasteiger partial charge in [0.05, 0.1) is 6.61 Å². The van der Waals surface area contributed by atoms with Gasteiger partial charge in [-0.25, -0.2) is 0 Å². The first-order valence-electron chi connectivity index (χ1n) is 6.96. The fourth-order valence-electron chi connectivity index (χ4n) is 2.00. The SMILES string of the molecule is CCOc1ccccc1OCCNCC1(CO)CC1. The first-order valence-corrected chi connectivity index (χ1v) is 6.96. The van der Waals surface area contributed by atoms with Crippen LogP contribution in [0.15, 0.2) is 24.3 Å². The van der Waals surface area contributed by atoms with Crippen molar-refractivity contribution in [3.63, 3.8) is 0 Å². The zero-order chi connectivity index (χ0) is 13.6. The molecule has 2 N–H and O–H groups in total. The third kappa shape index (κ3) is 4.11. The molecule has 1 aliphatic rings. The molecule has 0 amide bonds. The Bertz CT molecular complexity index is 391. The van der Waals surface area contributed by atoms with Crippen molar-refractivity contribution < 1.29 is 14.6 Å². The van der Waals surface area contributed by atoms with E-state index in [1.807, 2.05) is 31.2 Å². The number of hydrogen-bond donors (Lipinski definition) is 2. The normalized spacial score (nSPS) is 16.1. The Morgan fingerprint density at radius 2 is 1.89 bits per heavy atom. The summed E-state index contributed by atoms with van der Waals surface area (Å²) in [6.45, 7) is 5.14. The summed E-state index contributed by atoms with van der Waals surface area (Å²) in [5, 5.41) is 12.5. The van der Waals surface area contributed by atoms with Crippen LogP contribution in [0.1, 0.15) is 19.8 Å². The Labute approximate surface area is 114 Å². The van der Waals surface area contributed by atoms with Crippen LogP contribution >= 0.6 is 0 Å². The summed E-state index contributed by atoms with van der Waals surface area (Å²) < 4.78 is 11.2. The fraction of sp³-hybridized carbons (Fsp3) is 0.600. The number of ether oxygens (including phenoxy) is 2. The van der Waals surface area contributed by atoms with E-state index in [1.165, 1.54) is 0 Å². The van der Waals surface area contributed by atoms with E-state index in [-0.39, 0.29) is 12.0 Å². The molecule has 0 atom stereocenters. The van der Waals surface area contributed by atoms with Gasteiger partial charge < -0.3 is 19.9 Å². The molecule has 0 unspecified atom stereocenters. The highest BCUT2D eigenvalue weighted by atomic mass is 16.5. The minimum absolute atomic E-state index is 0.156. The van der Waals surface area contributed by atoms with E-state index in [2.05, 4.69) is 5.32 Å². The summed E-state index contributed by atoms with van der Waals surface area (Å²) in [5.41, 5.74) is 0.156. The van der Waals surface area contributed by atoms with Crippen LogP contribution in [0.5, 0.6) is 11.5 Å². The van der Waals surface area contributed by atoms with Gasteiger partial charge >= 0.3 is 0 Å². The Morgan fingerprint density at radius 3 is 2.47 bits per heavy atom. The van der Waals surface area contributed by atoms with E-state index in [0.717, 1.165) is 37.4 Å². The molecule has 19 heavy (non-hydrogen) atoms. The van der Waals surface area contributed by atoms with Gasteiger partial charge in [-0.3, -0.25) is 0 Å². The van der Waals surface area contributed by atoms with Crippen molar-refractivity contribution in [3.05, 3.63) is 24.3 Å². The molecule has 0 radical (unpaired) electrons. The van der Waals surface area contributed by atoms with E-state index < -0.39 is 0 Å². The van der Waals surface area contributed by atoms with Gasteiger partial charge in [0.25, 0.3) is 0 Å². The van der Waals surface area contributed by atoms with Crippen molar-refractivity contribution in [2.45, 2.75) is 19.8 Å². The number of hydrogen-bond acceptors (Lipinski definition) is 4. The van der Waals surface area contributed by atoms with Crippen molar-refractivity contribution in [1.82, 2.24) is 5.32 Å². The molecule has 4 nitrogen and oxygen atoms in total. The van der Waals surface area contributed by atoms with Crippen LogP contribution in [0.4, 0.5) is 0 Å². The van der Waals surface area contributed by atoms with E-state index in [1.54, 1.807) is 0 Å². The Hall–Kier alpha value is -1.26. The van der Waals surface area contributed by atoms with Crippen LogP contribution in [0, 0.1) is 5.41 Å². The van der Waals surface area contributed by atoms with Crippen molar-refractivity contribution >= 4 is 0 Å². The van der Waals surface area contributed by atoms with Crippen LogP contribution < -0.4 is 14.8 Å². The van der Waals surface area contributed by atoms with E-state index >= 15 is 0 Å². The maximum Gasteiger partial charge on any atom is 0.161 e. The predicted molar refractivity (Wildman–Crippen MR) is 74.7 cm³/mol.